The van der Waals surface area contributed by atoms with Crippen molar-refractivity contribution < 1.29 is 18.7 Å². The van der Waals surface area contributed by atoms with Crippen LogP contribution in [0.25, 0.3) is 0 Å². The lowest BCUT2D eigenvalue weighted by atomic mass is 9.98. The maximum absolute atomic E-state index is 14.3. The number of Topliss-reactive ketones (excluding diaryl/α,β-unsaturated/α-hetero) is 1. The van der Waals surface area contributed by atoms with Crippen LogP contribution in [-0.4, -0.2) is 12.1 Å². The Morgan fingerprint density at radius 3 is 2.52 bits per heavy atom. The third-order valence-corrected chi connectivity index (χ3v) is 4.33. The molecule has 0 N–H and O–H groups in total. The number of ether oxygens (including phenoxy) is 1. The van der Waals surface area contributed by atoms with Crippen LogP contribution >= 0.6 is 15.9 Å². The molecule has 0 saturated carbocycles. The molecule has 0 atom stereocenters. The van der Waals surface area contributed by atoms with Gasteiger partial charge in [0.15, 0.2) is 12.1 Å². The lowest BCUT2D eigenvalue weighted by molar-refractivity contribution is 0.0980. The second-order valence-corrected chi connectivity index (χ2v) is 5.83. The van der Waals surface area contributed by atoms with Crippen LogP contribution in [0, 0.1) is 12.7 Å². The predicted octanol–water partition coefficient (Wildman–Crippen LogP) is 4.88. The minimum Gasteiger partial charge on any atom is -0.487 e. The highest BCUT2D eigenvalue weighted by atomic mass is 79.9. The number of hydrogen-bond acceptors (Lipinski definition) is 3. The van der Waals surface area contributed by atoms with Crippen LogP contribution < -0.4 is 4.74 Å². The Balaban J connectivity index is 2.53. The minimum atomic E-state index is -0.698. The predicted molar refractivity (Wildman–Crippen MR) is 89.6 cm³/mol. The van der Waals surface area contributed by atoms with E-state index in [0.717, 1.165) is 5.56 Å². The molecule has 0 aliphatic carbocycles. The molecule has 0 heterocycles. The van der Waals surface area contributed by atoms with Crippen LogP contribution in [0.1, 0.15) is 45.2 Å². The van der Waals surface area contributed by atoms with Crippen molar-refractivity contribution in [3.05, 3.63) is 62.9 Å². The van der Waals surface area contributed by atoms with E-state index in [9.17, 15) is 14.0 Å². The van der Waals surface area contributed by atoms with Gasteiger partial charge in [-0.05, 0) is 28.4 Å². The number of hydrogen-bond donors (Lipinski definition) is 0. The first-order chi connectivity index (χ1) is 11.0. The average molecular weight is 379 g/mol. The summed E-state index contributed by atoms with van der Waals surface area (Å²) in [5, 5.41) is 0. The van der Waals surface area contributed by atoms with E-state index >= 15 is 0 Å². The Labute approximate surface area is 142 Å². The topological polar surface area (TPSA) is 43.4 Å². The van der Waals surface area contributed by atoms with Crippen LogP contribution in [0.15, 0.2) is 34.8 Å². The Kier molecular flexibility index (Phi) is 5.66. The summed E-state index contributed by atoms with van der Waals surface area (Å²) in [5.74, 6) is -0.722. The zero-order chi connectivity index (χ0) is 17.0. The third kappa shape index (κ3) is 3.50. The van der Waals surface area contributed by atoms with E-state index in [1.54, 1.807) is 6.92 Å². The van der Waals surface area contributed by atoms with Crippen LogP contribution in [0.5, 0.6) is 5.75 Å². The van der Waals surface area contributed by atoms with Gasteiger partial charge in [0, 0.05) is 12.0 Å². The zero-order valence-electron chi connectivity index (χ0n) is 12.9. The Bertz CT molecular complexity index is 742. The minimum absolute atomic E-state index is 0.130. The quantitative estimate of drug-likeness (QED) is 0.531. The van der Waals surface area contributed by atoms with Crippen molar-refractivity contribution in [1.82, 2.24) is 0 Å². The molecule has 0 bridgehead atoms. The Morgan fingerprint density at radius 1 is 1.30 bits per heavy atom. The van der Waals surface area contributed by atoms with Gasteiger partial charge in [-0.3, -0.25) is 9.59 Å². The maximum Gasteiger partial charge on any atom is 0.166 e. The van der Waals surface area contributed by atoms with Gasteiger partial charge in [-0.1, -0.05) is 37.3 Å². The average Bonchev–Trinajstić information content (AvgIpc) is 2.57. The lowest BCUT2D eigenvalue weighted by Gasteiger charge is -2.17. The smallest absolute Gasteiger partial charge is 0.166 e. The van der Waals surface area contributed by atoms with E-state index in [-0.39, 0.29) is 45.7 Å². The summed E-state index contributed by atoms with van der Waals surface area (Å²) in [6, 6.07) is 9.40. The Morgan fingerprint density at radius 2 is 1.96 bits per heavy atom. The van der Waals surface area contributed by atoms with Gasteiger partial charge in [-0.2, -0.15) is 0 Å². The summed E-state index contributed by atoms with van der Waals surface area (Å²) >= 11 is 3.20. The molecule has 5 heteroatoms. The van der Waals surface area contributed by atoms with E-state index in [1.807, 2.05) is 30.3 Å². The highest BCUT2D eigenvalue weighted by Gasteiger charge is 2.25. The number of halogens is 2. The van der Waals surface area contributed by atoms with Gasteiger partial charge >= 0.3 is 0 Å². The first kappa shape index (κ1) is 17.3. The highest BCUT2D eigenvalue weighted by Crippen LogP contribution is 2.37. The summed E-state index contributed by atoms with van der Waals surface area (Å²) in [6.45, 7) is 3.39. The molecule has 2 aromatic rings. The number of aldehydes is 1. The standard InChI is InChI=1S/C18H16BrFO3/c1-3-14(22)15-11(2)17(20)13(9-21)16(19)18(15)23-10-12-7-5-4-6-8-12/h4-9H,3,10H2,1-2H3. The number of benzene rings is 2. The van der Waals surface area contributed by atoms with Crippen LogP contribution in [0.3, 0.4) is 0 Å². The van der Waals surface area contributed by atoms with Crippen molar-refractivity contribution in [2.24, 2.45) is 0 Å². The first-order valence-electron chi connectivity index (χ1n) is 7.17. The summed E-state index contributed by atoms with van der Waals surface area (Å²) < 4.78 is 20.2. The molecule has 3 nitrogen and oxygen atoms in total. The molecule has 0 aliphatic rings. The third-order valence-electron chi connectivity index (χ3n) is 3.55. The molecular weight excluding hydrogens is 363 g/mol. The largest absolute Gasteiger partial charge is 0.487 e. The number of rotatable bonds is 6. The number of carbonyl (C=O) groups is 2. The van der Waals surface area contributed by atoms with Crippen LogP contribution in [0.4, 0.5) is 4.39 Å². The molecule has 2 rings (SSSR count). The van der Waals surface area contributed by atoms with Crippen molar-refractivity contribution in [3.8, 4) is 5.75 Å². The molecule has 0 amide bonds. The van der Waals surface area contributed by atoms with Gasteiger partial charge in [0.05, 0.1) is 15.6 Å². The molecule has 23 heavy (non-hydrogen) atoms. The molecule has 0 unspecified atom stereocenters. The lowest BCUT2D eigenvalue weighted by Crippen LogP contribution is -2.10. The van der Waals surface area contributed by atoms with Crippen molar-refractivity contribution in [2.75, 3.05) is 0 Å². The summed E-state index contributed by atoms with van der Waals surface area (Å²) in [5.41, 5.74) is 1.07. The van der Waals surface area contributed by atoms with Gasteiger partial charge < -0.3 is 4.74 Å². The van der Waals surface area contributed by atoms with E-state index < -0.39 is 5.82 Å². The van der Waals surface area contributed by atoms with Crippen LogP contribution in [-0.2, 0) is 6.61 Å². The normalized spacial score (nSPS) is 10.4. The highest BCUT2D eigenvalue weighted by molar-refractivity contribution is 9.10. The molecule has 0 spiro atoms. The second kappa shape index (κ2) is 7.51. The van der Waals surface area contributed by atoms with Crippen LogP contribution in [0.2, 0.25) is 0 Å². The monoisotopic (exact) mass is 378 g/mol. The molecule has 0 aliphatic heterocycles. The molecule has 120 valence electrons. The van der Waals surface area contributed by atoms with Gasteiger partial charge in [-0.15, -0.1) is 0 Å². The van der Waals surface area contributed by atoms with Crippen molar-refractivity contribution in [1.29, 1.82) is 0 Å². The Hall–Kier alpha value is -2.01. The molecular formula is C18H16BrFO3. The molecule has 0 radical (unpaired) electrons. The molecule has 0 saturated heterocycles. The first-order valence-corrected chi connectivity index (χ1v) is 7.97. The fraction of sp³-hybridized carbons (Fsp3) is 0.222. The van der Waals surface area contributed by atoms with Gasteiger partial charge in [0.2, 0.25) is 0 Å². The van der Waals surface area contributed by atoms with Gasteiger partial charge in [0.25, 0.3) is 0 Å². The molecule has 2 aromatic carbocycles. The summed E-state index contributed by atoms with van der Waals surface area (Å²) in [4.78, 5) is 23.4. The van der Waals surface area contributed by atoms with Crippen molar-refractivity contribution >= 4 is 28.0 Å². The van der Waals surface area contributed by atoms with E-state index in [2.05, 4.69) is 15.9 Å². The summed E-state index contributed by atoms with van der Waals surface area (Å²) in [7, 11) is 0. The van der Waals surface area contributed by atoms with Crippen molar-refractivity contribution in [2.45, 2.75) is 26.9 Å². The van der Waals surface area contributed by atoms with Gasteiger partial charge in [-0.25, -0.2) is 4.39 Å². The summed E-state index contributed by atoms with van der Waals surface area (Å²) in [6.07, 6.45) is 0.636. The fourth-order valence-corrected chi connectivity index (χ4v) is 2.87. The molecule has 0 fully saturated rings. The molecule has 0 aromatic heterocycles. The van der Waals surface area contributed by atoms with E-state index in [4.69, 9.17) is 4.74 Å². The fourth-order valence-electron chi connectivity index (χ4n) is 2.29. The number of ketones is 1. The van der Waals surface area contributed by atoms with Gasteiger partial charge in [0.1, 0.15) is 18.2 Å². The zero-order valence-corrected chi connectivity index (χ0v) is 14.4. The number of carbonyl (C=O) groups excluding carboxylic acids is 2. The SMILES string of the molecule is CCC(=O)c1c(C)c(F)c(C=O)c(Br)c1OCc1ccccc1. The maximum atomic E-state index is 14.3. The van der Waals surface area contributed by atoms with E-state index in [1.165, 1.54) is 6.92 Å². The second-order valence-electron chi connectivity index (χ2n) is 5.04. The van der Waals surface area contributed by atoms with Crippen molar-refractivity contribution in [3.63, 3.8) is 0 Å². The van der Waals surface area contributed by atoms with E-state index in [0.29, 0.717) is 6.29 Å².